The molecule has 0 N–H and O–H groups in total. The number of rotatable bonds is 5. The molecule has 1 aliphatic rings. The number of ether oxygens (including phenoxy) is 2. The maximum absolute atomic E-state index is 5.86. The minimum Gasteiger partial charge on any atom is -0.378 e. The van der Waals surface area contributed by atoms with E-state index in [1.54, 1.807) is 0 Å². The summed E-state index contributed by atoms with van der Waals surface area (Å²) in [5.74, 6) is 2.80. The van der Waals surface area contributed by atoms with Gasteiger partial charge < -0.3 is 9.47 Å². The van der Waals surface area contributed by atoms with Crippen LogP contribution in [0.4, 0.5) is 0 Å². The zero-order valence-corrected chi connectivity index (χ0v) is 11.9. The fraction of sp³-hybridized carbons (Fsp3) is 0.263. The molecule has 0 aromatic heterocycles. The topological polar surface area (TPSA) is 18.5 Å². The average molecular weight is 278 g/mol. The summed E-state index contributed by atoms with van der Waals surface area (Å²) >= 11 is 0. The monoisotopic (exact) mass is 278 g/mol. The largest absolute Gasteiger partial charge is 0.378 e. The molecule has 0 spiro atoms. The van der Waals surface area contributed by atoms with Crippen molar-refractivity contribution < 1.29 is 9.47 Å². The van der Waals surface area contributed by atoms with Gasteiger partial charge in [0.15, 0.2) is 0 Å². The summed E-state index contributed by atoms with van der Waals surface area (Å²) in [6, 6.07) is 18.7. The first-order valence-corrected chi connectivity index (χ1v) is 7.10. The van der Waals surface area contributed by atoms with Crippen molar-refractivity contribution in [1.29, 1.82) is 0 Å². The lowest BCUT2D eigenvalue weighted by atomic mass is 9.88. The van der Waals surface area contributed by atoms with Crippen LogP contribution in [0.2, 0.25) is 0 Å². The van der Waals surface area contributed by atoms with Crippen molar-refractivity contribution in [3.8, 4) is 23.5 Å². The molecule has 0 unspecified atom stereocenters. The van der Waals surface area contributed by atoms with Gasteiger partial charge in [0, 0.05) is 0 Å². The van der Waals surface area contributed by atoms with Gasteiger partial charge in [-0.1, -0.05) is 60.5 Å². The Hall–Kier alpha value is -2.08. The lowest BCUT2D eigenvalue weighted by Crippen LogP contribution is -2.45. The molecular weight excluding hydrogens is 260 g/mol. The van der Waals surface area contributed by atoms with Crippen molar-refractivity contribution in [1.82, 2.24) is 0 Å². The van der Waals surface area contributed by atoms with Crippen LogP contribution in [-0.2, 0) is 16.1 Å². The standard InChI is InChI=1S/C19H18O2/c1-2-19(14-21-15-19)13-20-12-17-10-6-7-11-18(17)16-8-4-3-5-9-16/h1,3-11H,12-15H2. The Morgan fingerprint density at radius 2 is 1.76 bits per heavy atom. The molecule has 2 heteroatoms. The number of hydrogen-bond acceptors (Lipinski definition) is 2. The van der Waals surface area contributed by atoms with Gasteiger partial charge in [-0.2, -0.15) is 0 Å². The van der Waals surface area contributed by atoms with Crippen molar-refractivity contribution in [2.75, 3.05) is 19.8 Å². The van der Waals surface area contributed by atoms with Crippen LogP contribution in [0.5, 0.6) is 0 Å². The molecule has 1 aliphatic heterocycles. The second kappa shape index (κ2) is 6.13. The second-order valence-corrected chi connectivity index (χ2v) is 5.43. The van der Waals surface area contributed by atoms with Gasteiger partial charge in [0.25, 0.3) is 0 Å². The summed E-state index contributed by atoms with van der Waals surface area (Å²) in [7, 11) is 0. The first kappa shape index (κ1) is 13.9. The van der Waals surface area contributed by atoms with E-state index in [4.69, 9.17) is 15.9 Å². The maximum Gasteiger partial charge on any atom is 0.101 e. The van der Waals surface area contributed by atoms with Crippen LogP contribution >= 0.6 is 0 Å². The molecule has 0 radical (unpaired) electrons. The predicted octanol–water partition coefficient (Wildman–Crippen LogP) is 3.52. The van der Waals surface area contributed by atoms with Crippen LogP contribution in [0.1, 0.15) is 5.56 Å². The number of hydrogen-bond donors (Lipinski definition) is 0. The summed E-state index contributed by atoms with van der Waals surface area (Å²) in [4.78, 5) is 0. The Balaban J connectivity index is 1.70. The minimum atomic E-state index is -0.221. The molecule has 0 bridgehead atoms. The molecule has 0 saturated carbocycles. The third kappa shape index (κ3) is 3.00. The van der Waals surface area contributed by atoms with Gasteiger partial charge in [0.1, 0.15) is 5.41 Å². The SMILES string of the molecule is C#CC1(COCc2ccccc2-c2ccccc2)COC1. The Morgan fingerprint density at radius 1 is 1.05 bits per heavy atom. The van der Waals surface area contributed by atoms with E-state index in [-0.39, 0.29) is 5.41 Å². The van der Waals surface area contributed by atoms with E-state index in [2.05, 4.69) is 36.3 Å². The van der Waals surface area contributed by atoms with Crippen LogP contribution < -0.4 is 0 Å². The molecule has 0 amide bonds. The summed E-state index contributed by atoms with van der Waals surface area (Å²) in [6.45, 7) is 2.31. The van der Waals surface area contributed by atoms with Crippen molar-refractivity contribution in [3.63, 3.8) is 0 Å². The van der Waals surface area contributed by atoms with Crippen LogP contribution in [0.15, 0.2) is 54.6 Å². The fourth-order valence-electron chi connectivity index (χ4n) is 2.46. The van der Waals surface area contributed by atoms with Crippen LogP contribution in [0, 0.1) is 17.8 Å². The Morgan fingerprint density at radius 3 is 2.43 bits per heavy atom. The van der Waals surface area contributed by atoms with E-state index < -0.39 is 0 Å². The van der Waals surface area contributed by atoms with Crippen molar-refractivity contribution in [2.45, 2.75) is 6.61 Å². The molecule has 0 atom stereocenters. The van der Waals surface area contributed by atoms with Gasteiger partial charge in [-0.05, 0) is 16.7 Å². The zero-order chi connectivity index (χ0) is 14.5. The van der Waals surface area contributed by atoms with Gasteiger partial charge in [-0.15, -0.1) is 6.42 Å². The molecule has 1 fully saturated rings. The van der Waals surface area contributed by atoms with Gasteiger partial charge in [-0.25, -0.2) is 0 Å². The lowest BCUT2D eigenvalue weighted by molar-refractivity contribution is -0.116. The zero-order valence-electron chi connectivity index (χ0n) is 11.9. The van der Waals surface area contributed by atoms with Gasteiger partial charge in [-0.3, -0.25) is 0 Å². The highest BCUT2D eigenvalue weighted by molar-refractivity contribution is 5.67. The molecule has 2 nitrogen and oxygen atoms in total. The Bertz CT molecular complexity index is 636. The van der Waals surface area contributed by atoms with Crippen LogP contribution in [0.3, 0.4) is 0 Å². The lowest BCUT2D eigenvalue weighted by Gasteiger charge is -2.36. The average Bonchev–Trinajstić information content (AvgIpc) is 2.51. The number of terminal acetylenes is 1. The third-order valence-corrected chi connectivity index (χ3v) is 3.80. The molecule has 0 aliphatic carbocycles. The highest BCUT2D eigenvalue weighted by Crippen LogP contribution is 2.28. The van der Waals surface area contributed by atoms with Crippen LogP contribution in [0.25, 0.3) is 11.1 Å². The van der Waals surface area contributed by atoms with Crippen molar-refractivity contribution in [2.24, 2.45) is 5.41 Å². The van der Waals surface area contributed by atoms with E-state index in [9.17, 15) is 0 Å². The first-order valence-electron chi connectivity index (χ1n) is 7.10. The molecule has 1 saturated heterocycles. The smallest absolute Gasteiger partial charge is 0.101 e. The van der Waals surface area contributed by atoms with E-state index in [1.165, 1.54) is 16.7 Å². The first-order chi connectivity index (χ1) is 10.3. The quantitative estimate of drug-likeness (QED) is 0.779. The molecule has 3 rings (SSSR count). The Kier molecular flexibility index (Phi) is 4.06. The Labute approximate surface area is 125 Å². The van der Waals surface area contributed by atoms with Gasteiger partial charge >= 0.3 is 0 Å². The minimum absolute atomic E-state index is 0.221. The van der Waals surface area contributed by atoms with Crippen molar-refractivity contribution >= 4 is 0 Å². The van der Waals surface area contributed by atoms with Gasteiger partial charge in [0.2, 0.25) is 0 Å². The number of benzene rings is 2. The molecule has 1 heterocycles. The predicted molar refractivity (Wildman–Crippen MR) is 83.6 cm³/mol. The van der Waals surface area contributed by atoms with E-state index in [0.717, 1.165) is 0 Å². The van der Waals surface area contributed by atoms with E-state index in [1.807, 2.05) is 24.3 Å². The third-order valence-electron chi connectivity index (χ3n) is 3.80. The van der Waals surface area contributed by atoms with Crippen LogP contribution in [-0.4, -0.2) is 19.8 Å². The van der Waals surface area contributed by atoms with Gasteiger partial charge in [0.05, 0.1) is 26.4 Å². The molecule has 2 aromatic rings. The summed E-state index contributed by atoms with van der Waals surface area (Å²) in [6.07, 6.45) is 5.56. The second-order valence-electron chi connectivity index (χ2n) is 5.43. The molecule has 21 heavy (non-hydrogen) atoms. The highest BCUT2D eigenvalue weighted by Gasteiger charge is 2.37. The van der Waals surface area contributed by atoms with Crippen molar-refractivity contribution in [3.05, 3.63) is 60.2 Å². The summed E-state index contributed by atoms with van der Waals surface area (Å²) in [5, 5.41) is 0. The highest BCUT2D eigenvalue weighted by atomic mass is 16.5. The molecule has 106 valence electrons. The fourth-order valence-corrected chi connectivity index (χ4v) is 2.46. The molecular formula is C19H18O2. The normalized spacial score (nSPS) is 16.0. The summed E-state index contributed by atoms with van der Waals surface area (Å²) in [5.41, 5.74) is 3.37. The van der Waals surface area contributed by atoms with E-state index in [0.29, 0.717) is 26.4 Å². The maximum atomic E-state index is 5.86. The summed E-state index contributed by atoms with van der Waals surface area (Å²) < 4.78 is 11.1. The van der Waals surface area contributed by atoms with E-state index >= 15 is 0 Å². The molecule has 2 aromatic carbocycles.